The molecule has 0 saturated heterocycles. The van der Waals surface area contributed by atoms with Gasteiger partial charge in [-0.05, 0) is 59.4 Å². The maximum atomic E-state index is 2.49. The van der Waals surface area contributed by atoms with Gasteiger partial charge in [0.2, 0.25) is 0 Å². The van der Waals surface area contributed by atoms with E-state index in [9.17, 15) is 0 Å². The summed E-state index contributed by atoms with van der Waals surface area (Å²) in [6.45, 7) is 19.1. The van der Waals surface area contributed by atoms with Crippen molar-refractivity contribution in [1.29, 1.82) is 0 Å². The number of hydrogen-bond acceptors (Lipinski definition) is 0. The first-order chi connectivity index (χ1) is 23.3. The average Bonchev–Trinajstić information content (AvgIpc) is 3.76. The van der Waals surface area contributed by atoms with Gasteiger partial charge < -0.3 is 24.8 Å². The van der Waals surface area contributed by atoms with Crippen LogP contribution in [0.3, 0.4) is 0 Å². The second-order valence-electron chi connectivity index (χ2n) is 13.6. The van der Waals surface area contributed by atoms with Crippen molar-refractivity contribution in [3.05, 3.63) is 121 Å². The van der Waals surface area contributed by atoms with Gasteiger partial charge in [-0.2, -0.15) is 12.1 Å². The molecule has 0 aliphatic carbocycles. The second-order valence-corrected chi connectivity index (χ2v) is 19.8. The molecule has 0 N–H and O–H groups in total. The molecule has 0 aromatic heterocycles. The maximum absolute atomic E-state index is 2.49. The summed E-state index contributed by atoms with van der Waals surface area (Å²) in [5.74, 6) is 0. The fourth-order valence-corrected chi connectivity index (χ4v) is 13.6. The first-order valence-electron chi connectivity index (χ1n) is 18.4. The van der Waals surface area contributed by atoms with E-state index < -0.39 is 0 Å². The third-order valence-electron chi connectivity index (χ3n) is 10.5. The Morgan fingerprint density at radius 3 is 1.06 bits per heavy atom. The largest absolute Gasteiger partial charge is 4.00 e. The molecule has 6 rings (SSSR count). The minimum atomic E-state index is -0.106. The van der Waals surface area contributed by atoms with Crippen molar-refractivity contribution in [2.45, 2.75) is 104 Å². The number of benzene rings is 4. The Kier molecular flexibility index (Phi) is 19.4. The Morgan fingerprint density at radius 1 is 0.451 bits per heavy atom. The number of fused-ring (bicyclic) bond motifs is 2. The summed E-state index contributed by atoms with van der Waals surface area (Å²) in [4.78, 5) is 0. The van der Waals surface area contributed by atoms with Crippen LogP contribution in [0.1, 0.15) is 81.1 Å². The summed E-state index contributed by atoms with van der Waals surface area (Å²) < 4.78 is 0. The van der Waals surface area contributed by atoms with Crippen molar-refractivity contribution >= 4 is 48.0 Å². The molecule has 0 nitrogen and oxygen atoms in total. The fraction of sp³-hybridized carbons (Fsp3) is 0.348. The van der Waals surface area contributed by atoms with E-state index >= 15 is 0 Å². The van der Waals surface area contributed by atoms with E-state index in [1.165, 1.54) is 69.5 Å². The normalized spacial score (nSPS) is 14.4. The van der Waals surface area contributed by atoms with E-state index in [1.54, 1.807) is 10.6 Å². The average molecular weight is 790 g/mol. The molecule has 0 aliphatic rings. The predicted octanol–water partition coefficient (Wildman–Crippen LogP) is 7.87. The topological polar surface area (TPSA) is 0 Å². The molecule has 0 saturated carbocycles. The summed E-state index contributed by atoms with van der Waals surface area (Å²) in [6.07, 6.45) is 5.07. The molecule has 5 heteroatoms. The first kappa shape index (κ1) is 45.4. The molecule has 51 heavy (non-hydrogen) atoms. The van der Waals surface area contributed by atoms with E-state index in [-0.39, 0.29) is 62.4 Å². The van der Waals surface area contributed by atoms with Crippen LogP contribution < -0.4 is 35.4 Å². The zero-order valence-corrected chi connectivity index (χ0v) is 36.7. The van der Waals surface area contributed by atoms with Gasteiger partial charge >= 0.3 is 21.7 Å². The van der Waals surface area contributed by atoms with E-state index in [0.717, 1.165) is 22.6 Å². The molecular weight excluding hydrogens is 733 g/mol. The molecule has 0 heterocycles. The summed E-state index contributed by atoms with van der Waals surface area (Å²) in [5.41, 5.74) is 8.50. The van der Waals surface area contributed by atoms with Gasteiger partial charge in [0, 0.05) is 0 Å². The summed E-state index contributed by atoms with van der Waals surface area (Å²) >= 11 is 0. The molecule has 4 atom stereocenters. The Bertz CT molecular complexity index is 1710. The van der Waals surface area contributed by atoms with Crippen molar-refractivity contribution in [3.8, 4) is 22.3 Å². The molecule has 6 aromatic carbocycles. The van der Waals surface area contributed by atoms with Gasteiger partial charge in [0.25, 0.3) is 0 Å². The smallest absolute Gasteiger partial charge is 1.00 e. The van der Waals surface area contributed by atoms with Gasteiger partial charge in [-0.3, -0.25) is 0 Å². The summed E-state index contributed by atoms with van der Waals surface area (Å²) in [5, 5.41) is 8.80. The SMILES string of the molecule is CCC(C)P(c1cc2c(-c3ccccc3)cccc2[cH-]1)C(C)CC.CCC(C)P(c1cc2c(-c3ccccc3)cccc2[cH-]1)C(C)CC.[Cl-].[Cl-].[Ti+4]. The quantitative estimate of drug-likeness (QED) is 0.0674. The van der Waals surface area contributed by atoms with Crippen molar-refractivity contribution in [2.24, 2.45) is 0 Å². The number of halogens is 2. The van der Waals surface area contributed by atoms with Crippen LogP contribution in [0, 0.1) is 0 Å². The molecule has 0 fully saturated rings. The zero-order chi connectivity index (χ0) is 34.2. The van der Waals surface area contributed by atoms with Gasteiger partial charge in [0.1, 0.15) is 0 Å². The second kappa shape index (κ2) is 21.8. The summed E-state index contributed by atoms with van der Waals surface area (Å²) in [7, 11) is -0.213. The molecular formula is C46H56Cl2P2Ti. The van der Waals surface area contributed by atoms with Crippen LogP contribution in [0.4, 0.5) is 0 Å². The minimum absolute atomic E-state index is 0. The van der Waals surface area contributed by atoms with Crippen LogP contribution >= 0.6 is 15.8 Å². The van der Waals surface area contributed by atoms with Gasteiger partial charge in [-0.1, -0.05) is 155 Å². The fourth-order valence-electron chi connectivity index (χ4n) is 7.15. The molecule has 0 amide bonds. The van der Waals surface area contributed by atoms with Crippen LogP contribution in [0.15, 0.2) is 121 Å². The zero-order valence-electron chi connectivity index (χ0n) is 31.8. The molecule has 0 spiro atoms. The first-order valence-corrected chi connectivity index (χ1v) is 21.3. The Balaban J connectivity index is 0.000000334. The molecule has 268 valence electrons. The van der Waals surface area contributed by atoms with E-state index in [0.29, 0.717) is 0 Å². The van der Waals surface area contributed by atoms with Gasteiger partial charge in [0.05, 0.1) is 0 Å². The van der Waals surface area contributed by atoms with Gasteiger partial charge in [-0.25, -0.2) is 0 Å². The molecule has 4 unspecified atom stereocenters. The van der Waals surface area contributed by atoms with Crippen LogP contribution in [0.2, 0.25) is 0 Å². The molecule has 6 aromatic rings. The van der Waals surface area contributed by atoms with Crippen LogP contribution in [0.5, 0.6) is 0 Å². The Hall–Kier alpha value is -1.75. The minimum Gasteiger partial charge on any atom is -1.00 e. The van der Waals surface area contributed by atoms with Crippen molar-refractivity contribution in [2.75, 3.05) is 0 Å². The van der Waals surface area contributed by atoms with Gasteiger partial charge in [0.15, 0.2) is 0 Å². The number of hydrogen-bond donors (Lipinski definition) is 0. The van der Waals surface area contributed by atoms with Crippen LogP contribution in [0.25, 0.3) is 43.8 Å². The monoisotopic (exact) mass is 788 g/mol. The van der Waals surface area contributed by atoms with Crippen molar-refractivity contribution < 1.29 is 46.5 Å². The standard InChI is InChI=1S/2C23H28P.2ClH.Ti/c2*1-5-17(3)24(18(4)6-2)21-15-20-13-10-14-22(23(20)16-21)19-11-8-7-9-12-19;;;/h2*7-18H,5-6H2,1-4H3;2*1H;/q2*-1;;;+4/p-2. The van der Waals surface area contributed by atoms with E-state index in [2.05, 4.69) is 177 Å². The van der Waals surface area contributed by atoms with E-state index in [4.69, 9.17) is 0 Å². The van der Waals surface area contributed by atoms with Crippen LogP contribution in [-0.4, -0.2) is 22.6 Å². The van der Waals surface area contributed by atoms with Crippen molar-refractivity contribution in [3.63, 3.8) is 0 Å². The summed E-state index contributed by atoms with van der Waals surface area (Å²) in [6, 6.07) is 44.9. The molecule has 0 radical (unpaired) electrons. The molecule has 0 bridgehead atoms. The third kappa shape index (κ3) is 10.7. The van der Waals surface area contributed by atoms with E-state index in [1.807, 2.05) is 0 Å². The maximum Gasteiger partial charge on any atom is 4.00 e. The molecule has 0 aliphatic heterocycles. The predicted molar refractivity (Wildman–Crippen MR) is 222 cm³/mol. The van der Waals surface area contributed by atoms with Gasteiger partial charge in [-0.15, -0.1) is 68.6 Å². The Morgan fingerprint density at radius 2 is 0.765 bits per heavy atom. The third-order valence-corrected chi connectivity index (χ3v) is 17.5. The Labute approximate surface area is 339 Å². The van der Waals surface area contributed by atoms with Crippen LogP contribution in [-0.2, 0) is 21.7 Å². The number of rotatable bonds is 12. The van der Waals surface area contributed by atoms with Crippen molar-refractivity contribution in [1.82, 2.24) is 0 Å².